The third-order valence-corrected chi connectivity index (χ3v) is 5.08. The van der Waals surface area contributed by atoms with Crippen LogP contribution in [0, 0.1) is 5.82 Å². The maximum Gasteiger partial charge on any atom is 0.312 e. The molecule has 0 saturated heterocycles. The van der Waals surface area contributed by atoms with E-state index in [9.17, 15) is 17.6 Å². The van der Waals surface area contributed by atoms with E-state index >= 15 is 0 Å². The average Bonchev–Trinajstić information content (AvgIpc) is 2.88. The van der Waals surface area contributed by atoms with E-state index in [2.05, 4.69) is 4.98 Å². The molecule has 0 atom stereocenters. The number of sulfone groups is 1. The zero-order valence-electron chi connectivity index (χ0n) is 11.9. The maximum atomic E-state index is 14.1. The molecule has 0 saturated carbocycles. The quantitative estimate of drug-likeness (QED) is 0.728. The van der Waals surface area contributed by atoms with E-state index in [1.165, 1.54) is 22.9 Å². The van der Waals surface area contributed by atoms with Gasteiger partial charge in [0.15, 0.2) is 9.84 Å². The molecule has 3 aromatic rings. The largest absolute Gasteiger partial charge is 0.312 e. The second-order valence-electron chi connectivity index (χ2n) is 4.85. The van der Waals surface area contributed by atoms with Gasteiger partial charge in [0.05, 0.1) is 17.6 Å². The maximum absolute atomic E-state index is 14.1. The molecule has 0 fully saturated rings. The molecule has 8 heteroatoms. The Morgan fingerprint density at radius 1 is 1.26 bits per heavy atom. The molecule has 0 N–H and O–H groups in total. The van der Waals surface area contributed by atoms with Crippen LogP contribution >= 0.6 is 11.3 Å². The highest BCUT2D eigenvalue weighted by Crippen LogP contribution is 2.26. The number of rotatable bonds is 3. The van der Waals surface area contributed by atoms with Crippen molar-refractivity contribution in [3.63, 3.8) is 0 Å². The lowest BCUT2D eigenvalue weighted by Gasteiger charge is -2.08. The second kappa shape index (κ2) is 5.71. The lowest BCUT2D eigenvalue weighted by atomic mass is 10.1. The molecule has 0 bridgehead atoms. The molecule has 0 aliphatic carbocycles. The van der Waals surface area contributed by atoms with E-state index in [1.54, 1.807) is 23.7 Å². The summed E-state index contributed by atoms with van der Waals surface area (Å²) < 4.78 is 38.5. The van der Waals surface area contributed by atoms with Gasteiger partial charge in [-0.25, -0.2) is 12.8 Å². The first-order valence-electron chi connectivity index (χ1n) is 6.49. The molecule has 2 heterocycles. The molecule has 23 heavy (non-hydrogen) atoms. The standard InChI is InChI=1S/C15H11FN2O3S2/c1-23(20,21)14-5-4-10(7-12(14)16)13-9-22-15(19)18(13)11-3-2-6-17-8-11/h2-9H,1H3. The first kappa shape index (κ1) is 15.6. The molecule has 3 rings (SSSR count). The van der Waals surface area contributed by atoms with Crippen molar-refractivity contribution < 1.29 is 12.8 Å². The Labute approximate surface area is 135 Å². The monoisotopic (exact) mass is 350 g/mol. The van der Waals surface area contributed by atoms with Crippen molar-refractivity contribution in [2.45, 2.75) is 4.90 Å². The van der Waals surface area contributed by atoms with Gasteiger partial charge in [-0.15, -0.1) is 0 Å². The number of benzene rings is 1. The number of halogens is 1. The third-order valence-electron chi connectivity index (χ3n) is 3.23. The van der Waals surface area contributed by atoms with Crippen LogP contribution in [0.5, 0.6) is 0 Å². The fourth-order valence-electron chi connectivity index (χ4n) is 2.20. The van der Waals surface area contributed by atoms with Crippen LogP contribution in [-0.4, -0.2) is 24.2 Å². The van der Waals surface area contributed by atoms with Gasteiger partial charge in [0.1, 0.15) is 10.7 Å². The van der Waals surface area contributed by atoms with Crippen LogP contribution in [0.1, 0.15) is 0 Å². The summed E-state index contributed by atoms with van der Waals surface area (Å²) in [6.45, 7) is 0. The summed E-state index contributed by atoms with van der Waals surface area (Å²) in [5, 5.41) is 1.60. The van der Waals surface area contributed by atoms with E-state index < -0.39 is 15.7 Å². The molecule has 118 valence electrons. The van der Waals surface area contributed by atoms with Gasteiger partial charge in [-0.05, 0) is 24.3 Å². The highest BCUT2D eigenvalue weighted by Gasteiger charge is 2.17. The summed E-state index contributed by atoms with van der Waals surface area (Å²) in [6.07, 6.45) is 4.06. The van der Waals surface area contributed by atoms with Crippen LogP contribution < -0.4 is 4.87 Å². The second-order valence-corrected chi connectivity index (χ2v) is 7.66. The molecule has 2 aromatic heterocycles. The molecule has 0 unspecified atom stereocenters. The number of hydrogen-bond acceptors (Lipinski definition) is 5. The van der Waals surface area contributed by atoms with Crippen LogP contribution in [-0.2, 0) is 9.84 Å². The van der Waals surface area contributed by atoms with Crippen LogP contribution in [0.2, 0.25) is 0 Å². The third kappa shape index (κ3) is 2.95. The van der Waals surface area contributed by atoms with Gasteiger partial charge in [-0.3, -0.25) is 14.3 Å². The van der Waals surface area contributed by atoms with E-state index in [-0.39, 0.29) is 9.77 Å². The highest BCUT2D eigenvalue weighted by atomic mass is 32.2. The number of nitrogens with zero attached hydrogens (tertiary/aromatic N) is 2. The van der Waals surface area contributed by atoms with Crippen LogP contribution in [0.4, 0.5) is 4.39 Å². The molecular formula is C15H11FN2O3S2. The molecule has 0 aliphatic rings. The number of aromatic nitrogens is 2. The van der Waals surface area contributed by atoms with Gasteiger partial charge in [-0.1, -0.05) is 17.4 Å². The lowest BCUT2D eigenvalue weighted by molar-refractivity contribution is 0.571. The van der Waals surface area contributed by atoms with Crippen molar-refractivity contribution in [1.29, 1.82) is 0 Å². The van der Waals surface area contributed by atoms with E-state index in [1.807, 2.05) is 0 Å². The number of pyridine rings is 1. The Bertz CT molecular complexity index is 1020. The van der Waals surface area contributed by atoms with Crippen molar-refractivity contribution >= 4 is 21.2 Å². The smallest absolute Gasteiger partial charge is 0.266 e. The zero-order chi connectivity index (χ0) is 16.6. The number of hydrogen-bond donors (Lipinski definition) is 0. The fourth-order valence-corrected chi connectivity index (χ4v) is 3.69. The predicted molar refractivity (Wildman–Crippen MR) is 86.2 cm³/mol. The minimum absolute atomic E-state index is 0.236. The van der Waals surface area contributed by atoms with E-state index in [0.29, 0.717) is 16.9 Å². The van der Waals surface area contributed by atoms with Crippen LogP contribution in [0.25, 0.3) is 16.9 Å². The Balaban J connectivity index is 2.18. The van der Waals surface area contributed by atoms with Gasteiger partial charge >= 0.3 is 4.87 Å². The van der Waals surface area contributed by atoms with Gasteiger partial charge < -0.3 is 0 Å². The van der Waals surface area contributed by atoms with E-state index in [4.69, 9.17) is 0 Å². The Kier molecular flexibility index (Phi) is 3.87. The van der Waals surface area contributed by atoms with Crippen molar-refractivity contribution in [2.24, 2.45) is 0 Å². The number of thiazole rings is 1. The van der Waals surface area contributed by atoms with Gasteiger partial charge in [0, 0.05) is 23.4 Å². The Morgan fingerprint density at radius 2 is 2.04 bits per heavy atom. The Hall–Kier alpha value is -2.32. The molecular weight excluding hydrogens is 339 g/mol. The van der Waals surface area contributed by atoms with Gasteiger partial charge in [0.2, 0.25) is 0 Å². The van der Waals surface area contributed by atoms with Crippen LogP contribution in [0.3, 0.4) is 0 Å². The molecule has 0 radical (unpaired) electrons. The SMILES string of the molecule is CS(=O)(=O)c1ccc(-c2csc(=O)n2-c2cccnc2)cc1F. The highest BCUT2D eigenvalue weighted by molar-refractivity contribution is 7.90. The molecule has 0 spiro atoms. The minimum atomic E-state index is -3.64. The van der Waals surface area contributed by atoms with Crippen LogP contribution in [0.15, 0.2) is 57.8 Å². The van der Waals surface area contributed by atoms with Crippen molar-refractivity contribution in [1.82, 2.24) is 9.55 Å². The van der Waals surface area contributed by atoms with Gasteiger partial charge in [0.25, 0.3) is 0 Å². The first-order valence-corrected chi connectivity index (χ1v) is 9.26. The zero-order valence-corrected chi connectivity index (χ0v) is 13.6. The predicted octanol–water partition coefficient (Wildman–Crippen LogP) is 2.50. The normalized spacial score (nSPS) is 11.6. The minimum Gasteiger partial charge on any atom is -0.266 e. The average molecular weight is 350 g/mol. The summed E-state index contributed by atoms with van der Waals surface area (Å²) in [7, 11) is -3.64. The summed E-state index contributed by atoms with van der Waals surface area (Å²) >= 11 is 0.975. The summed E-state index contributed by atoms with van der Waals surface area (Å²) in [5.41, 5.74) is 1.45. The summed E-state index contributed by atoms with van der Waals surface area (Å²) in [6, 6.07) is 7.21. The van der Waals surface area contributed by atoms with E-state index in [0.717, 1.165) is 23.7 Å². The lowest BCUT2D eigenvalue weighted by Crippen LogP contribution is -2.12. The molecule has 1 aromatic carbocycles. The van der Waals surface area contributed by atoms with Crippen molar-refractivity contribution in [3.05, 3.63) is 63.6 Å². The van der Waals surface area contributed by atoms with Gasteiger partial charge in [-0.2, -0.15) is 0 Å². The topological polar surface area (TPSA) is 69.0 Å². The van der Waals surface area contributed by atoms with Crippen molar-refractivity contribution in [2.75, 3.05) is 6.26 Å². The molecule has 0 amide bonds. The molecule has 0 aliphatic heterocycles. The summed E-state index contributed by atoms with van der Waals surface area (Å²) in [4.78, 5) is 15.5. The Morgan fingerprint density at radius 3 is 2.65 bits per heavy atom. The molecule has 5 nitrogen and oxygen atoms in total. The first-order chi connectivity index (χ1) is 10.9. The summed E-state index contributed by atoms with van der Waals surface area (Å²) in [5.74, 6) is -0.846. The van der Waals surface area contributed by atoms with Crippen molar-refractivity contribution in [3.8, 4) is 16.9 Å². The fraction of sp³-hybridized carbons (Fsp3) is 0.0667.